The zero-order chi connectivity index (χ0) is 21.8. The Morgan fingerprint density at radius 3 is 2.31 bits per heavy atom. The van der Waals surface area contributed by atoms with E-state index < -0.39 is 59.8 Å². The second-order valence-electron chi connectivity index (χ2n) is 5.95. The standard InChI is InChI=1S/C18H15F6N3O2/c1-9-13(21)4-10(17(29)26-8-18(22,23)24)5-14(9)25-7-16(28)27-15-6-11(19)2-3-12(15)20/h2-6,25H,7-8H2,1H3,(H,26,29)(H,27,28). The number of amides is 2. The Balaban J connectivity index is 2.08. The average Bonchev–Trinajstić information content (AvgIpc) is 2.63. The number of hydrogen-bond acceptors (Lipinski definition) is 3. The Kier molecular flexibility index (Phi) is 6.72. The molecule has 0 bridgehead atoms. The molecule has 2 aromatic rings. The van der Waals surface area contributed by atoms with Gasteiger partial charge in [-0.2, -0.15) is 13.2 Å². The van der Waals surface area contributed by atoms with Crippen molar-refractivity contribution >= 4 is 23.2 Å². The van der Waals surface area contributed by atoms with Gasteiger partial charge in [-0.25, -0.2) is 13.2 Å². The second-order valence-corrected chi connectivity index (χ2v) is 5.95. The van der Waals surface area contributed by atoms with Crippen LogP contribution < -0.4 is 16.0 Å². The van der Waals surface area contributed by atoms with E-state index in [1.807, 2.05) is 0 Å². The molecule has 3 N–H and O–H groups in total. The van der Waals surface area contributed by atoms with Crippen LogP contribution >= 0.6 is 0 Å². The maximum absolute atomic E-state index is 14.0. The van der Waals surface area contributed by atoms with Crippen LogP contribution in [0.2, 0.25) is 0 Å². The monoisotopic (exact) mass is 419 g/mol. The first-order valence-electron chi connectivity index (χ1n) is 8.10. The van der Waals surface area contributed by atoms with Crippen molar-refractivity contribution in [3.63, 3.8) is 0 Å². The number of alkyl halides is 3. The number of carbonyl (C=O) groups is 2. The Hall–Kier alpha value is -3.24. The molecule has 0 spiro atoms. The van der Waals surface area contributed by atoms with Gasteiger partial charge in [0.15, 0.2) is 0 Å². The molecule has 0 heterocycles. The zero-order valence-electron chi connectivity index (χ0n) is 14.9. The van der Waals surface area contributed by atoms with Gasteiger partial charge in [0.05, 0.1) is 12.2 Å². The Morgan fingerprint density at radius 2 is 1.66 bits per heavy atom. The van der Waals surface area contributed by atoms with Crippen molar-refractivity contribution in [2.75, 3.05) is 23.7 Å². The summed E-state index contributed by atoms with van der Waals surface area (Å²) in [5, 5.41) is 6.23. The summed E-state index contributed by atoms with van der Waals surface area (Å²) in [6, 6.07) is 4.28. The summed E-state index contributed by atoms with van der Waals surface area (Å²) in [5.74, 6) is -4.49. The molecule has 0 saturated carbocycles. The van der Waals surface area contributed by atoms with E-state index >= 15 is 0 Å². The minimum Gasteiger partial charge on any atom is -0.376 e. The lowest BCUT2D eigenvalue weighted by molar-refractivity contribution is -0.123. The summed E-state index contributed by atoms with van der Waals surface area (Å²) in [5.41, 5.74) is -0.824. The third kappa shape index (κ3) is 6.40. The van der Waals surface area contributed by atoms with Gasteiger partial charge in [-0.05, 0) is 31.2 Å². The van der Waals surface area contributed by atoms with Crippen molar-refractivity contribution in [3.05, 3.63) is 58.9 Å². The lowest BCUT2D eigenvalue weighted by Gasteiger charge is -2.14. The van der Waals surface area contributed by atoms with Crippen LogP contribution in [0.15, 0.2) is 30.3 Å². The van der Waals surface area contributed by atoms with Crippen molar-refractivity contribution < 1.29 is 35.9 Å². The Labute approximate surface area is 161 Å². The molecule has 0 radical (unpaired) electrons. The predicted molar refractivity (Wildman–Crippen MR) is 93.0 cm³/mol. The van der Waals surface area contributed by atoms with Crippen molar-refractivity contribution in [1.29, 1.82) is 0 Å². The molecular formula is C18H15F6N3O2. The first-order chi connectivity index (χ1) is 13.5. The van der Waals surface area contributed by atoms with E-state index in [0.29, 0.717) is 0 Å². The van der Waals surface area contributed by atoms with Crippen LogP contribution in [0.3, 0.4) is 0 Å². The predicted octanol–water partition coefficient (Wildman–Crippen LogP) is 3.76. The van der Waals surface area contributed by atoms with Gasteiger partial charge in [-0.3, -0.25) is 9.59 Å². The molecule has 0 atom stereocenters. The molecular weight excluding hydrogens is 404 g/mol. The number of anilines is 2. The van der Waals surface area contributed by atoms with Crippen LogP contribution in [0.1, 0.15) is 15.9 Å². The molecule has 0 aliphatic heterocycles. The molecule has 0 aliphatic rings. The summed E-state index contributed by atoms with van der Waals surface area (Å²) >= 11 is 0. The van der Waals surface area contributed by atoms with Gasteiger partial charge in [-0.1, -0.05) is 0 Å². The Bertz CT molecular complexity index is 931. The highest BCUT2D eigenvalue weighted by Crippen LogP contribution is 2.21. The number of carbonyl (C=O) groups excluding carboxylic acids is 2. The van der Waals surface area contributed by atoms with Crippen LogP contribution in [0.4, 0.5) is 37.7 Å². The SMILES string of the molecule is Cc1c(F)cc(C(=O)NCC(F)(F)F)cc1NCC(=O)Nc1cc(F)ccc1F. The summed E-state index contributed by atoms with van der Waals surface area (Å²) < 4.78 is 77.3. The molecule has 2 aromatic carbocycles. The minimum atomic E-state index is -4.63. The largest absolute Gasteiger partial charge is 0.405 e. The maximum atomic E-state index is 14.0. The third-order valence-corrected chi connectivity index (χ3v) is 3.70. The first kappa shape index (κ1) is 22.1. The fourth-order valence-corrected chi connectivity index (χ4v) is 2.24. The maximum Gasteiger partial charge on any atom is 0.405 e. The van der Waals surface area contributed by atoms with E-state index in [-0.39, 0.29) is 11.3 Å². The molecule has 2 amide bonds. The first-order valence-corrected chi connectivity index (χ1v) is 8.10. The van der Waals surface area contributed by atoms with Crippen LogP contribution in [0.5, 0.6) is 0 Å². The molecule has 29 heavy (non-hydrogen) atoms. The van der Waals surface area contributed by atoms with E-state index in [2.05, 4.69) is 10.6 Å². The van der Waals surface area contributed by atoms with E-state index in [0.717, 1.165) is 30.3 Å². The molecule has 0 saturated heterocycles. The quantitative estimate of drug-likeness (QED) is 0.625. The number of hydrogen-bond donors (Lipinski definition) is 3. The molecule has 156 valence electrons. The van der Waals surface area contributed by atoms with Gasteiger partial charge in [-0.15, -0.1) is 0 Å². The highest BCUT2D eigenvalue weighted by molar-refractivity contribution is 5.96. The van der Waals surface area contributed by atoms with Crippen molar-refractivity contribution in [3.8, 4) is 0 Å². The molecule has 2 rings (SSSR count). The second kappa shape index (κ2) is 8.84. The molecule has 0 aromatic heterocycles. The normalized spacial score (nSPS) is 11.1. The number of halogens is 6. The van der Waals surface area contributed by atoms with Gasteiger partial charge in [0, 0.05) is 22.9 Å². The van der Waals surface area contributed by atoms with Crippen molar-refractivity contribution in [1.82, 2.24) is 5.32 Å². The number of benzene rings is 2. The summed E-state index contributed by atoms with van der Waals surface area (Å²) in [6.45, 7) is -0.783. The highest BCUT2D eigenvalue weighted by Gasteiger charge is 2.28. The summed E-state index contributed by atoms with van der Waals surface area (Å²) in [7, 11) is 0. The van der Waals surface area contributed by atoms with Crippen LogP contribution in [0.25, 0.3) is 0 Å². The molecule has 0 fully saturated rings. The van der Waals surface area contributed by atoms with E-state index in [4.69, 9.17) is 0 Å². The van der Waals surface area contributed by atoms with E-state index in [9.17, 15) is 35.9 Å². The van der Waals surface area contributed by atoms with Gasteiger partial charge in [0.1, 0.15) is 24.0 Å². The van der Waals surface area contributed by atoms with Crippen LogP contribution in [-0.4, -0.2) is 31.1 Å². The van der Waals surface area contributed by atoms with Crippen LogP contribution in [-0.2, 0) is 4.79 Å². The highest BCUT2D eigenvalue weighted by atomic mass is 19.4. The smallest absolute Gasteiger partial charge is 0.376 e. The molecule has 0 aliphatic carbocycles. The Morgan fingerprint density at radius 1 is 0.966 bits per heavy atom. The molecule has 11 heteroatoms. The molecule has 0 unspecified atom stereocenters. The number of rotatable bonds is 6. The van der Waals surface area contributed by atoms with Crippen molar-refractivity contribution in [2.24, 2.45) is 0 Å². The van der Waals surface area contributed by atoms with Gasteiger partial charge in [0.25, 0.3) is 5.91 Å². The summed E-state index contributed by atoms with van der Waals surface area (Å²) in [4.78, 5) is 23.7. The van der Waals surface area contributed by atoms with E-state index in [1.165, 1.54) is 6.92 Å². The summed E-state index contributed by atoms with van der Waals surface area (Å²) in [6.07, 6.45) is -4.63. The van der Waals surface area contributed by atoms with E-state index in [1.54, 1.807) is 5.32 Å². The van der Waals surface area contributed by atoms with Crippen molar-refractivity contribution in [2.45, 2.75) is 13.1 Å². The van der Waals surface area contributed by atoms with Gasteiger partial charge < -0.3 is 16.0 Å². The number of nitrogens with one attached hydrogen (secondary N) is 3. The van der Waals surface area contributed by atoms with Gasteiger partial charge in [0.2, 0.25) is 5.91 Å². The van der Waals surface area contributed by atoms with Gasteiger partial charge >= 0.3 is 6.18 Å². The fourth-order valence-electron chi connectivity index (χ4n) is 2.24. The molecule has 5 nitrogen and oxygen atoms in total. The lowest BCUT2D eigenvalue weighted by Crippen LogP contribution is -2.33. The fraction of sp³-hybridized carbons (Fsp3) is 0.222. The lowest BCUT2D eigenvalue weighted by atomic mass is 10.1. The van der Waals surface area contributed by atoms with Crippen LogP contribution in [0, 0.1) is 24.4 Å². The third-order valence-electron chi connectivity index (χ3n) is 3.70. The topological polar surface area (TPSA) is 70.2 Å². The zero-order valence-corrected chi connectivity index (χ0v) is 14.9. The average molecular weight is 419 g/mol. The minimum absolute atomic E-state index is 0.00195.